The van der Waals surface area contributed by atoms with Gasteiger partial charge in [0.25, 0.3) is 5.91 Å². The summed E-state index contributed by atoms with van der Waals surface area (Å²) >= 11 is 5.20. The Morgan fingerprint density at radius 3 is 2.33 bits per heavy atom. The smallest absolute Gasteiger partial charge is 0.257 e. The zero-order chi connectivity index (χ0) is 19.9. The summed E-state index contributed by atoms with van der Waals surface area (Å²) < 4.78 is 5.72. The van der Waals surface area contributed by atoms with E-state index in [0.717, 1.165) is 38.4 Å². The Hall–Kier alpha value is -1.66. The number of hydrogen-bond acceptors (Lipinski definition) is 4. The maximum atomic E-state index is 12.2. The fourth-order valence-electron chi connectivity index (χ4n) is 2.69. The second-order valence-corrected chi connectivity index (χ2v) is 6.93. The molecule has 5 nitrogen and oxygen atoms in total. The monoisotopic (exact) mass is 393 g/mol. The first kappa shape index (κ1) is 23.4. The molecule has 6 heteroatoms. The van der Waals surface area contributed by atoms with Gasteiger partial charge in [-0.25, -0.2) is 0 Å². The molecule has 27 heavy (non-hydrogen) atoms. The lowest BCUT2D eigenvalue weighted by Crippen LogP contribution is -2.42. The van der Waals surface area contributed by atoms with Crippen molar-refractivity contribution in [2.75, 3.05) is 32.8 Å². The molecule has 0 aromatic heterocycles. The number of carbonyl (C=O) groups excluding carboxylic acids is 1. The van der Waals surface area contributed by atoms with Crippen molar-refractivity contribution in [3.05, 3.63) is 29.8 Å². The van der Waals surface area contributed by atoms with Gasteiger partial charge in [0.05, 0.1) is 6.61 Å². The summed E-state index contributed by atoms with van der Waals surface area (Å²) in [6, 6.07) is 7.19. The normalized spacial score (nSPS) is 10.7. The van der Waals surface area contributed by atoms with Crippen molar-refractivity contribution in [3.63, 3.8) is 0 Å². The van der Waals surface area contributed by atoms with E-state index in [1.807, 2.05) is 12.1 Å². The average molecular weight is 394 g/mol. The molecule has 1 aromatic carbocycles. The lowest BCUT2D eigenvalue weighted by molar-refractivity contribution is 0.0976. The summed E-state index contributed by atoms with van der Waals surface area (Å²) in [7, 11) is 0. The van der Waals surface area contributed by atoms with Crippen LogP contribution in [0.2, 0.25) is 0 Å². The van der Waals surface area contributed by atoms with Crippen LogP contribution < -0.4 is 15.4 Å². The number of hydrogen-bond donors (Lipinski definition) is 2. The van der Waals surface area contributed by atoms with E-state index in [2.05, 4.69) is 36.3 Å². The highest BCUT2D eigenvalue weighted by atomic mass is 32.1. The van der Waals surface area contributed by atoms with Gasteiger partial charge in [-0.1, -0.05) is 46.5 Å². The summed E-state index contributed by atoms with van der Waals surface area (Å²) in [5.41, 5.74) is 0.568. The highest BCUT2D eigenvalue weighted by molar-refractivity contribution is 7.80. The van der Waals surface area contributed by atoms with Gasteiger partial charge in [0.15, 0.2) is 5.11 Å². The molecule has 0 aliphatic heterocycles. The fourth-order valence-corrected chi connectivity index (χ4v) is 2.88. The van der Waals surface area contributed by atoms with Crippen LogP contribution in [-0.2, 0) is 0 Å². The predicted molar refractivity (Wildman–Crippen MR) is 117 cm³/mol. The zero-order valence-corrected chi connectivity index (χ0v) is 17.9. The Morgan fingerprint density at radius 1 is 1.04 bits per heavy atom. The van der Waals surface area contributed by atoms with Crippen LogP contribution in [0.5, 0.6) is 5.75 Å². The molecular weight excluding hydrogens is 358 g/mol. The highest BCUT2D eigenvalue weighted by Gasteiger charge is 2.08. The van der Waals surface area contributed by atoms with E-state index in [9.17, 15) is 4.79 Å². The third-order valence-corrected chi connectivity index (χ3v) is 4.71. The van der Waals surface area contributed by atoms with Crippen LogP contribution in [0.25, 0.3) is 0 Å². The fraction of sp³-hybridized carbons (Fsp3) is 0.619. The van der Waals surface area contributed by atoms with Crippen LogP contribution >= 0.6 is 12.2 Å². The van der Waals surface area contributed by atoms with Crippen LogP contribution in [0.4, 0.5) is 0 Å². The lowest BCUT2D eigenvalue weighted by atomic mass is 10.2. The first-order chi connectivity index (χ1) is 13.1. The number of nitrogens with one attached hydrogen (secondary N) is 2. The number of benzene rings is 1. The SMILES string of the molecule is CCCCCCCOc1ccc(C(=O)NC(=S)NCCN(CC)CC)cc1. The molecule has 0 atom stereocenters. The number of amides is 1. The first-order valence-electron chi connectivity index (χ1n) is 10.1. The molecule has 0 spiro atoms. The number of thiocarbonyl (C=S) groups is 1. The number of unbranched alkanes of at least 4 members (excludes halogenated alkanes) is 4. The maximum absolute atomic E-state index is 12.2. The van der Waals surface area contributed by atoms with E-state index in [4.69, 9.17) is 17.0 Å². The van der Waals surface area contributed by atoms with Gasteiger partial charge in [-0.3, -0.25) is 10.1 Å². The molecule has 0 saturated carbocycles. The minimum absolute atomic E-state index is 0.207. The average Bonchev–Trinajstić information content (AvgIpc) is 2.68. The van der Waals surface area contributed by atoms with Gasteiger partial charge in [0.2, 0.25) is 0 Å². The minimum atomic E-state index is -0.207. The lowest BCUT2D eigenvalue weighted by Gasteiger charge is -2.18. The van der Waals surface area contributed by atoms with Crippen LogP contribution in [0, 0.1) is 0 Å². The van der Waals surface area contributed by atoms with Gasteiger partial charge in [-0.05, 0) is 56.0 Å². The number of likely N-dealkylation sites (N-methyl/N-ethyl adjacent to an activating group) is 1. The van der Waals surface area contributed by atoms with Crippen molar-refractivity contribution in [1.29, 1.82) is 0 Å². The van der Waals surface area contributed by atoms with Crippen molar-refractivity contribution in [3.8, 4) is 5.75 Å². The van der Waals surface area contributed by atoms with Crippen LogP contribution in [0.3, 0.4) is 0 Å². The molecule has 0 heterocycles. The molecule has 0 aliphatic carbocycles. The number of nitrogens with zero attached hydrogens (tertiary/aromatic N) is 1. The molecule has 0 saturated heterocycles. The van der Waals surface area contributed by atoms with Crippen LogP contribution in [-0.4, -0.2) is 48.7 Å². The summed E-state index contributed by atoms with van der Waals surface area (Å²) in [6.07, 6.45) is 6.07. The third kappa shape index (κ3) is 10.3. The van der Waals surface area contributed by atoms with E-state index in [-0.39, 0.29) is 5.91 Å². The van der Waals surface area contributed by atoms with Crippen molar-refractivity contribution < 1.29 is 9.53 Å². The van der Waals surface area contributed by atoms with Gasteiger partial charge in [-0.15, -0.1) is 0 Å². The zero-order valence-electron chi connectivity index (χ0n) is 17.1. The summed E-state index contributed by atoms with van der Waals surface area (Å²) in [6.45, 7) is 10.8. The van der Waals surface area contributed by atoms with Crippen molar-refractivity contribution >= 4 is 23.2 Å². The highest BCUT2D eigenvalue weighted by Crippen LogP contribution is 2.13. The Labute approximate surface area is 169 Å². The molecule has 1 aromatic rings. The molecule has 1 rings (SSSR count). The predicted octanol–water partition coefficient (Wildman–Crippen LogP) is 3.98. The quantitative estimate of drug-likeness (QED) is 0.392. The molecule has 152 valence electrons. The Morgan fingerprint density at radius 2 is 1.70 bits per heavy atom. The van der Waals surface area contributed by atoms with Gasteiger partial charge in [-0.2, -0.15) is 0 Å². The van der Waals surface area contributed by atoms with Crippen LogP contribution in [0.15, 0.2) is 24.3 Å². The van der Waals surface area contributed by atoms with Crippen molar-refractivity contribution in [2.24, 2.45) is 0 Å². The van der Waals surface area contributed by atoms with E-state index in [1.54, 1.807) is 12.1 Å². The van der Waals surface area contributed by atoms with Gasteiger partial charge >= 0.3 is 0 Å². The molecule has 0 fully saturated rings. The molecule has 0 radical (unpaired) electrons. The third-order valence-electron chi connectivity index (χ3n) is 4.47. The number of ether oxygens (including phenoxy) is 1. The Balaban J connectivity index is 2.29. The van der Waals surface area contributed by atoms with Crippen molar-refractivity contribution in [1.82, 2.24) is 15.5 Å². The second-order valence-electron chi connectivity index (χ2n) is 6.52. The topological polar surface area (TPSA) is 53.6 Å². The molecule has 2 N–H and O–H groups in total. The van der Waals surface area contributed by atoms with Gasteiger partial charge in [0, 0.05) is 18.7 Å². The minimum Gasteiger partial charge on any atom is -0.494 e. The molecule has 0 aliphatic rings. The summed E-state index contributed by atoms with van der Waals surface area (Å²) in [4.78, 5) is 14.5. The van der Waals surface area contributed by atoms with Gasteiger partial charge in [0.1, 0.15) is 5.75 Å². The van der Waals surface area contributed by atoms with E-state index in [0.29, 0.717) is 17.2 Å². The standard InChI is InChI=1S/C21H35N3O2S/c1-4-7-8-9-10-17-26-19-13-11-18(12-14-19)20(25)23-21(27)22-15-16-24(5-2)6-3/h11-14H,4-10,15-17H2,1-3H3,(H2,22,23,25,27). The molecule has 0 bridgehead atoms. The molecular formula is C21H35N3O2S. The van der Waals surface area contributed by atoms with Gasteiger partial charge < -0.3 is 15.0 Å². The van der Waals surface area contributed by atoms with E-state index < -0.39 is 0 Å². The molecule has 0 unspecified atom stereocenters. The number of rotatable bonds is 13. The van der Waals surface area contributed by atoms with E-state index in [1.165, 1.54) is 25.7 Å². The maximum Gasteiger partial charge on any atom is 0.257 e. The first-order valence-corrected chi connectivity index (χ1v) is 10.6. The summed E-state index contributed by atoms with van der Waals surface area (Å²) in [5.74, 6) is 0.587. The largest absolute Gasteiger partial charge is 0.494 e. The van der Waals surface area contributed by atoms with Crippen LogP contribution in [0.1, 0.15) is 63.2 Å². The number of carbonyl (C=O) groups is 1. The van der Waals surface area contributed by atoms with E-state index >= 15 is 0 Å². The summed E-state index contributed by atoms with van der Waals surface area (Å²) in [5, 5.41) is 6.16. The van der Waals surface area contributed by atoms with Crippen molar-refractivity contribution in [2.45, 2.75) is 52.9 Å². The Kier molecular flexibility index (Phi) is 12.5. The second kappa shape index (κ2) is 14.4. The Bertz CT molecular complexity index is 545. The molecule has 1 amide bonds.